The first-order chi connectivity index (χ1) is 11.0. The number of hydrogen-bond acceptors (Lipinski definition) is 4. The van der Waals surface area contributed by atoms with Crippen LogP contribution < -0.4 is 4.74 Å². The van der Waals surface area contributed by atoms with Gasteiger partial charge in [-0.1, -0.05) is 17.7 Å². The van der Waals surface area contributed by atoms with Crippen LogP contribution in [0, 0.1) is 10.1 Å². The monoisotopic (exact) mass is 331 g/mol. The normalized spacial score (nSPS) is 13.3. The second-order valence-electron chi connectivity index (χ2n) is 5.45. The molecule has 0 atom stereocenters. The van der Waals surface area contributed by atoms with Gasteiger partial charge < -0.3 is 4.74 Å². The number of carbonyl (C=O) groups is 1. The van der Waals surface area contributed by atoms with Crippen molar-refractivity contribution in [1.29, 1.82) is 0 Å². The van der Waals surface area contributed by atoms with Crippen LogP contribution in [0.2, 0.25) is 5.02 Å². The van der Waals surface area contributed by atoms with E-state index in [0.717, 1.165) is 25.3 Å². The van der Waals surface area contributed by atoms with Gasteiger partial charge in [-0.05, 0) is 55.0 Å². The molecule has 0 N–H and O–H groups in total. The zero-order chi connectivity index (χ0) is 16.4. The lowest BCUT2D eigenvalue weighted by Gasteiger charge is -2.16. The fourth-order valence-corrected chi connectivity index (χ4v) is 2.97. The third kappa shape index (κ3) is 3.35. The molecule has 3 rings (SSSR count). The summed E-state index contributed by atoms with van der Waals surface area (Å²) in [6, 6.07) is 9.31. The number of fused-ring (bicyclic) bond motifs is 1. The molecule has 2 aromatic carbocycles. The van der Waals surface area contributed by atoms with Gasteiger partial charge in [-0.3, -0.25) is 10.1 Å². The molecular formula is C17H14ClNO4. The highest BCUT2D eigenvalue weighted by atomic mass is 35.5. The molecule has 2 aromatic rings. The maximum absolute atomic E-state index is 12.2. The Morgan fingerprint density at radius 3 is 2.52 bits per heavy atom. The van der Waals surface area contributed by atoms with Crippen molar-refractivity contribution in [2.24, 2.45) is 0 Å². The Balaban J connectivity index is 1.80. The summed E-state index contributed by atoms with van der Waals surface area (Å²) in [5.74, 6) is -0.161. The number of halogens is 1. The molecule has 0 saturated heterocycles. The van der Waals surface area contributed by atoms with E-state index < -0.39 is 10.9 Å². The van der Waals surface area contributed by atoms with Crippen LogP contribution >= 0.6 is 11.6 Å². The number of non-ortho nitro benzene ring substituents is 1. The molecule has 118 valence electrons. The van der Waals surface area contributed by atoms with Gasteiger partial charge in [0.05, 0.1) is 15.5 Å². The van der Waals surface area contributed by atoms with Gasteiger partial charge in [-0.25, -0.2) is 4.79 Å². The van der Waals surface area contributed by atoms with Crippen LogP contribution in [-0.2, 0) is 12.8 Å². The van der Waals surface area contributed by atoms with E-state index in [0.29, 0.717) is 5.75 Å². The van der Waals surface area contributed by atoms with E-state index >= 15 is 0 Å². The summed E-state index contributed by atoms with van der Waals surface area (Å²) in [6.45, 7) is 0. The molecule has 1 aliphatic carbocycles. The molecule has 0 unspecified atom stereocenters. The predicted octanol–water partition coefficient (Wildman–Crippen LogP) is 4.35. The minimum absolute atomic E-state index is 0.00200. The number of benzene rings is 2. The van der Waals surface area contributed by atoms with E-state index in [-0.39, 0.29) is 16.3 Å². The SMILES string of the molecule is O=C(Oc1ccc2c(c1)CCCC2)c1ccc([N+](=O)[O-])cc1Cl. The number of esters is 1. The van der Waals surface area contributed by atoms with Crippen LogP contribution in [0.1, 0.15) is 34.3 Å². The molecule has 0 amide bonds. The number of nitro benzene ring substituents is 1. The van der Waals surface area contributed by atoms with Crippen molar-refractivity contribution in [3.63, 3.8) is 0 Å². The van der Waals surface area contributed by atoms with Crippen LogP contribution in [0.25, 0.3) is 0 Å². The first-order valence-electron chi connectivity index (χ1n) is 7.32. The summed E-state index contributed by atoms with van der Waals surface area (Å²) in [5.41, 5.74) is 2.44. The van der Waals surface area contributed by atoms with Crippen molar-refractivity contribution in [3.8, 4) is 5.75 Å². The lowest BCUT2D eigenvalue weighted by Crippen LogP contribution is -2.10. The Labute approximate surface area is 138 Å². The Kier molecular flexibility index (Phi) is 4.30. The molecule has 0 bridgehead atoms. The van der Waals surface area contributed by atoms with E-state index in [2.05, 4.69) is 0 Å². The molecule has 23 heavy (non-hydrogen) atoms. The van der Waals surface area contributed by atoms with Crippen molar-refractivity contribution in [3.05, 3.63) is 68.2 Å². The number of aryl methyl sites for hydroxylation is 2. The highest BCUT2D eigenvalue weighted by Gasteiger charge is 2.18. The van der Waals surface area contributed by atoms with Gasteiger partial charge in [-0.2, -0.15) is 0 Å². The third-order valence-corrected chi connectivity index (χ3v) is 4.23. The molecule has 0 heterocycles. The first kappa shape index (κ1) is 15.5. The lowest BCUT2D eigenvalue weighted by molar-refractivity contribution is -0.384. The van der Waals surface area contributed by atoms with Crippen molar-refractivity contribution >= 4 is 23.3 Å². The van der Waals surface area contributed by atoms with Gasteiger partial charge in [0.1, 0.15) is 5.75 Å². The Hall–Kier alpha value is -2.40. The van der Waals surface area contributed by atoms with Crippen molar-refractivity contribution in [2.75, 3.05) is 0 Å². The molecule has 0 aromatic heterocycles. The first-order valence-corrected chi connectivity index (χ1v) is 7.70. The second kappa shape index (κ2) is 6.38. The standard InChI is InChI=1S/C17H14ClNO4/c18-16-10-13(19(21)22)6-8-15(16)17(20)23-14-7-5-11-3-1-2-4-12(11)9-14/h5-10H,1-4H2. The van der Waals surface area contributed by atoms with Gasteiger partial charge in [-0.15, -0.1) is 0 Å². The van der Waals surface area contributed by atoms with Crippen molar-refractivity contribution in [1.82, 2.24) is 0 Å². The molecule has 0 aliphatic heterocycles. The Morgan fingerprint density at radius 2 is 1.83 bits per heavy atom. The fraction of sp³-hybridized carbons (Fsp3) is 0.235. The zero-order valence-corrected chi connectivity index (χ0v) is 13.0. The van der Waals surface area contributed by atoms with Gasteiger partial charge >= 0.3 is 5.97 Å². The maximum atomic E-state index is 12.2. The molecular weight excluding hydrogens is 318 g/mol. The van der Waals surface area contributed by atoms with Crippen LogP contribution in [0.4, 0.5) is 5.69 Å². The fourth-order valence-electron chi connectivity index (χ4n) is 2.72. The van der Waals surface area contributed by atoms with Gasteiger partial charge in [0, 0.05) is 12.1 Å². The smallest absolute Gasteiger partial charge is 0.345 e. The average Bonchev–Trinajstić information content (AvgIpc) is 2.54. The summed E-state index contributed by atoms with van der Waals surface area (Å²) < 4.78 is 5.35. The van der Waals surface area contributed by atoms with E-state index in [4.69, 9.17) is 16.3 Å². The van der Waals surface area contributed by atoms with Gasteiger partial charge in [0.25, 0.3) is 5.69 Å². The van der Waals surface area contributed by atoms with Gasteiger partial charge in [0.15, 0.2) is 0 Å². The lowest BCUT2D eigenvalue weighted by atomic mass is 9.92. The van der Waals surface area contributed by atoms with E-state index in [9.17, 15) is 14.9 Å². The third-order valence-electron chi connectivity index (χ3n) is 3.91. The molecule has 6 heteroatoms. The molecule has 0 spiro atoms. The average molecular weight is 332 g/mol. The van der Waals surface area contributed by atoms with Crippen molar-refractivity contribution < 1.29 is 14.5 Å². The summed E-state index contributed by atoms with van der Waals surface area (Å²) in [5, 5.41) is 10.7. The van der Waals surface area contributed by atoms with Crippen LogP contribution in [0.3, 0.4) is 0 Å². The number of hydrogen-bond donors (Lipinski definition) is 0. The van der Waals surface area contributed by atoms with Crippen LogP contribution in [-0.4, -0.2) is 10.9 Å². The molecule has 5 nitrogen and oxygen atoms in total. The summed E-state index contributed by atoms with van der Waals surface area (Å²) in [7, 11) is 0. The summed E-state index contributed by atoms with van der Waals surface area (Å²) in [6.07, 6.45) is 4.36. The number of ether oxygens (including phenoxy) is 1. The Bertz CT molecular complexity index is 788. The quantitative estimate of drug-likeness (QED) is 0.363. The number of rotatable bonds is 3. The van der Waals surface area contributed by atoms with E-state index in [1.165, 1.54) is 29.7 Å². The van der Waals surface area contributed by atoms with Gasteiger partial charge in [0.2, 0.25) is 0 Å². The maximum Gasteiger partial charge on any atom is 0.345 e. The minimum Gasteiger partial charge on any atom is -0.423 e. The summed E-state index contributed by atoms with van der Waals surface area (Å²) >= 11 is 5.94. The molecule has 0 fully saturated rings. The minimum atomic E-state index is -0.624. The zero-order valence-electron chi connectivity index (χ0n) is 12.3. The van der Waals surface area contributed by atoms with E-state index in [1.807, 2.05) is 12.1 Å². The highest BCUT2D eigenvalue weighted by molar-refractivity contribution is 6.33. The highest BCUT2D eigenvalue weighted by Crippen LogP contribution is 2.27. The Morgan fingerprint density at radius 1 is 1.09 bits per heavy atom. The number of nitro groups is 1. The van der Waals surface area contributed by atoms with Crippen molar-refractivity contribution in [2.45, 2.75) is 25.7 Å². The predicted molar refractivity (Wildman–Crippen MR) is 86.1 cm³/mol. The molecule has 1 aliphatic rings. The number of nitrogens with zero attached hydrogens (tertiary/aromatic N) is 1. The van der Waals surface area contributed by atoms with Crippen LogP contribution in [0.5, 0.6) is 5.75 Å². The molecule has 0 radical (unpaired) electrons. The molecule has 0 saturated carbocycles. The van der Waals surface area contributed by atoms with E-state index in [1.54, 1.807) is 6.07 Å². The largest absolute Gasteiger partial charge is 0.423 e. The topological polar surface area (TPSA) is 69.4 Å². The second-order valence-corrected chi connectivity index (χ2v) is 5.86. The summed E-state index contributed by atoms with van der Waals surface area (Å²) in [4.78, 5) is 22.3. The van der Waals surface area contributed by atoms with Crippen LogP contribution in [0.15, 0.2) is 36.4 Å². The number of carbonyl (C=O) groups excluding carboxylic acids is 1.